The molecule has 9 aliphatic rings. The fourth-order valence-corrected chi connectivity index (χ4v) is 12.3. The van der Waals surface area contributed by atoms with Gasteiger partial charge in [-0.3, -0.25) is 10.2 Å². The van der Waals surface area contributed by atoms with Gasteiger partial charge in [-0.1, -0.05) is 47.6 Å². The fraction of sp³-hybridized carbons (Fsp3) is 0.700. The molecule has 2 saturated heterocycles. The smallest absolute Gasteiger partial charge is 0.123 e. The van der Waals surface area contributed by atoms with Crippen molar-refractivity contribution in [2.24, 2.45) is 29.6 Å². The number of nitrogens with zero attached hydrogens (tertiary/aromatic N) is 1. The zero-order valence-electron chi connectivity index (χ0n) is 26.5. The summed E-state index contributed by atoms with van der Waals surface area (Å²) in [5.41, 5.74) is 6.96. The summed E-state index contributed by atoms with van der Waals surface area (Å²) in [5, 5.41) is 4.24. The van der Waals surface area contributed by atoms with Crippen LogP contribution in [0.4, 0.5) is 0 Å². The van der Waals surface area contributed by atoms with Crippen molar-refractivity contribution in [2.45, 2.75) is 145 Å². The molecule has 1 aromatic rings. The number of benzene rings is 1. The summed E-state index contributed by atoms with van der Waals surface area (Å²) in [7, 11) is 0. The minimum absolute atomic E-state index is 0.401. The number of nitrogens with one attached hydrogen (secondary N) is 1. The lowest BCUT2D eigenvalue weighted by Crippen LogP contribution is -2.75. The highest BCUT2D eigenvalue weighted by atomic mass is 16.5. The molecule has 4 fully saturated rings. The van der Waals surface area contributed by atoms with Crippen LogP contribution in [0.3, 0.4) is 0 Å². The quantitative estimate of drug-likeness (QED) is 0.357. The van der Waals surface area contributed by atoms with E-state index in [0.717, 1.165) is 23.7 Å². The molecule has 3 heterocycles. The molecule has 0 amide bonds. The molecule has 4 nitrogen and oxygen atoms in total. The van der Waals surface area contributed by atoms with Gasteiger partial charge in [0.1, 0.15) is 11.9 Å². The van der Waals surface area contributed by atoms with E-state index in [1.54, 1.807) is 5.57 Å². The normalized spacial score (nSPS) is 46.0. The van der Waals surface area contributed by atoms with Gasteiger partial charge in [0, 0.05) is 23.4 Å². The SMILES string of the molecule is C1=CC2C(CC1)OC1CCC(C3NC(C4=CCCCC4)N3C3CCC4=C(CCC5CCC6Oc7ccccc7C6C45)C3)CC12. The zero-order chi connectivity index (χ0) is 28.8. The van der Waals surface area contributed by atoms with E-state index in [9.17, 15) is 0 Å². The van der Waals surface area contributed by atoms with Crippen LogP contribution in [0.25, 0.3) is 0 Å². The van der Waals surface area contributed by atoms with Crippen LogP contribution in [0.15, 0.2) is 59.2 Å². The van der Waals surface area contributed by atoms with Gasteiger partial charge >= 0.3 is 0 Å². The maximum Gasteiger partial charge on any atom is 0.123 e. The lowest BCUT2D eigenvalue weighted by molar-refractivity contribution is -0.0988. The number of hydrogen-bond acceptors (Lipinski definition) is 4. The highest BCUT2D eigenvalue weighted by Gasteiger charge is 2.54. The molecule has 2 saturated carbocycles. The van der Waals surface area contributed by atoms with Gasteiger partial charge in [-0.15, -0.1) is 0 Å². The maximum atomic E-state index is 6.65. The summed E-state index contributed by atoms with van der Waals surface area (Å²) in [6, 6.07) is 9.71. The second-order valence-electron chi connectivity index (χ2n) is 16.2. The first kappa shape index (κ1) is 27.3. The van der Waals surface area contributed by atoms with Gasteiger partial charge in [-0.2, -0.15) is 0 Å². The van der Waals surface area contributed by atoms with E-state index in [0.29, 0.717) is 48.5 Å². The standard InChI is InChI=1S/C40H52N2O2/c1-2-8-25(9-3-1)39-41-40(27-17-20-35-32(23-27)30-10-4-6-12-33(30)43-35)42(39)28-18-19-29-26(22-28)15-14-24-16-21-36-38(37(24)29)31-11-5-7-13-34(31)44-36/h4-5,7-8,10-11,13,24,27-28,30,32-33,35-41H,1-3,6,9,12,14-23H2. The van der Waals surface area contributed by atoms with E-state index in [2.05, 4.69) is 52.7 Å². The molecule has 6 aliphatic carbocycles. The summed E-state index contributed by atoms with van der Waals surface area (Å²) >= 11 is 0. The Hall–Kier alpha value is -1.88. The molecule has 4 heteroatoms. The summed E-state index contributed by atoms with van der Waals surface area (Å²) in [6.07, 6.45) is 31.1. The second-order valence-corrected chi connectivity index (χ2v) is 16.2. The number of para-hydroxylation sites is 1. The monoisotopic (exact) mass is 592 g/mol. The molecule has 0 bridgehead atoms. The fourth-order valence-electron chi connectivity index (χ4n) is 12.3. The third kappa shape index (κ3) is 4.26. The first-order chi connectivity index (χ1) is 21.8. The summed E-state index contributed by atoms with van der Waals surface area (Å²) in [4.78, 5) is 3.06. The molecule has 12 atom stereocenters. The number of fused-ring (bicyclic) bond motifs is 9. The topological polar surface area (TPSA) is 33.7 Å². The first-order valence-electron chi connectivity index (χ1n) is 18.8. The zero-order valence-corrected chi connectivity index (χ0v) is 26.5. The molecule has 1 N–H and O–H groups in total. The summed E-state index contributed by atoms with van der Waals surface area (Å²) < 4.78 is 13.2. The maximum absolute atomic E-state index is 6.65. The summed E-state index contributed by atoms with van der Waals surface area (Å²) in [6.45, 7) is 0. The van der Waals surface area contributed by atoms with Crippen LogP contribution in [0.5, 0.6) is 5.75 Å². The number of hydrogen-bond donors (Lipinski definition) is 1. The predicted octanol–water partition coefficient (Wildman–Crippen LogP) is 8.41. The highest BCUT2D eigenvalue weighted by molar-refractivity contribution is 5.45. The van der Waals surface area contributed by atoms with Crippen molar-refractivity contribution in [3.05, 3.63) is 64.8 Å². The Morgan fingerprint density at radius 2 is 1.73 bits per heavy atom. The van der Waals surface area contributed by atoms with Crippen molar-refractivity contribution in [1.82, 2.24) is 10.2 Å². The van der Waals surface area contributed by atoms with Gasteiger partial charge in [0.2, 0.25) is 0 Å². The average molecular weight is 593 g/mol. The summed E-state index contributed by atoms with van der Waals surface area (Å²) in [5.74, 6) is 5.51. The van der Waals surface area contributed by atoms with Crippen LogP contribution >= 0.6 is 0 Å². The number of rotatable bonds is 3. The molecule has 12 unspecified atom stereocenters. The van der Waals surface area contributed by atoms with Crippen LogP contribution in [0, 0.1) is 29.6 Å². The predicted molar refractivity (Wildman–Crippen MR) is 174 cm³/mol. The number of ether oxygens (including phenoxy) is 2. The van der Waals surface area contributed by atoms with Gasteiger partial charge < -0.3 is 9.47 Å². The minimum atomic E-state index is 0.401. The van der Waals surface area contributed by atoms with E-state index in [-0.39, 0.29) is 0 Å². The molecular formula is C40H52N2O2. The van der Waals surface area contributed by atoms with Crippen molar-refractivity contribution in [2.75, 3.05) is 0 Å². The lowest BCUT2D eigenvalue weighted by Gasteiger charge is -2.59. The van der Waals surface area contributed by atoms with Crippen molar-refractivity contribution in [1.29, 1.82) is 0 Å². The van der Waals surface area contributed by atoms with Crippen LogP contribution in [-0.2, 0) is 4.74 Å². The molecular weight excluding hydrogens is 540 g/mol. The second kappa shape index (κ2) is 10.8. The molecule has 0 aromatic heterocycles. The third-order valence-electron chi connectivity index (χ3n) is 14.2. The van der Waals surface area contributed by atoms with Crippen molar-refractivity contribution in [3.8, 4) is 5.75 Å². The molecule has 44 heavy (non-hydrogen) atoms. The Morgan fingerprint density at radius 3 is 2.68 bits per heavy atom. The molecule has 3 aliphatic heterocycles. The molecule has 234 valence electrons. The van der Waals surface area contributed by atoms with E-state index in [1.807, 2.05) is 11.1 Å². The van der Waals surface area contributed by atoms with Crippen molar-refractivity contribution in [3.63, 3.8) is 0 Å². The Labute approximate surface area is 264 Å². The highest BCUT2D eigenvalue weighted by Crippen LogP contribution is 2.58. The van der Waals surface area contributed by atoms with Gasteiger partial charge in [-0.25, -0.2) is 0 Å². The van der Waals surface area contributed by atoms with Gasteiger partial charge in [0.05, 0.1) is 24.5 Å². The average Bonchev–Trinajstić information content (AvgIpc) is 3.63. The van der Waals surface area contributed by atoms with E-state index in [4.69, 9.17) is 9.47 Å². The van der Waals surface area contributed by atoms with E-state index < -0.39 is 0 Å². The van der Waals surface area contributed by atoms with Crippen molar-refractivity contribution >= 4 is 0 Å². The molecule has 0 radical (unpaired) electrons. The lowest BCUT2D eigenvalue weighted by atomic mass is 9.58. The van der Waals surface area contributed by atoms with Gasteiger partial charge in [0.15, 0.2) is 0 Å². The van der Waals surface area contributed by atoms with Crippen LogP contribution < -0.4 is 10.1 Å². The molecule has 10 rings (SSSR count). The largest absolute Gasteiger partial charge is 0.489 e. The van der Waals surface area contributed by atoms with E-state index in [1.165, 1.54) is 114 Å². The van der Waals surface area contributed by atoms with Crippen LogP contribution in [0.2, 0.25) is 0 Å². The first-order valence-corrected chi connectivity index (χ1v) is 18.8. The Bertz CT molecular complexity index is 1380. The minimum Gasteiger partial charge on any atom is -0.489 e. The molecule has 1 aromatic carbocycles. The Balaban J connectivity index is 0.927. The van der Waals surface area contributed by atoms with Crippen molar-refractivity contribution < 1.29 is 9.47 Å². The third-order valence-corrected chi connectivity index (χ3v) is 14.2. The van der Waals surface area contributed by atoms with Gasteiger partial charge in [-0.05, 0) is 138 Å². The van der Waals surface area contributed by atoms with Gasteiger partial charge in [0.25, 0.3) is 0 Å². The molecule has 0 spiro atoms. The van der Waals surface area contributed by atoms with Crippen LogP contribution in [0.1, 0.15) is 114 Å². The Kier molecular flexibility index (Phi) is 6.72. The Morgan fingerprint density at radius 1 is 0.795 bits per heavy atom. The van der Waals surface area contributed by atoms with E-state index >= 15 is 0 Å². The van der Waals surface area contributed by atoms with Crippen LogP contribution in [-0.4, -0.2) is 41.6 Å². The number of allylic oxidation sites excluding steroid dienone is 3.